The fourth-order valence-electron chi connectivity index (χ4n) is 3.48. The van der Waals surface area contributed by atoms with E-state index in [1.165, 1.54) is 31.5 Å². The molecule has 0 bridgehead atoms. The highest BCUT2D eigenvalue weighted by molar-refractivity contribution is 6.33. The Hall–Kier alpha value is -3.72. The second-order valence-corrected chi connectivity index (χ2v) is 7.43. The van der Waals surface area contributed by atoms with Gasteiger partial charge in [-0.25, -0.2) is 13.9 Å². The number of likely N-dealkylation sites (tertiary alicyclic amines) is 1. The zero-order chi connectivity index (χ0) is 24.8. The summed E-state index contributed by atoms with van der Waals surface area (Å²) in [6.45, 7) is 8.47. The molecule has 1 aliphatic rings. The monoisotopic (exact) mass is 484 g/mol. The number of ether oxygens (including phenoxy) is 1. The van der Waals surface area contributed by atoms with Crippen LogP contribution in [0.25, 0.3) is 22.3 Å². The van der Waals surface area contributed by atoms with Gasteiger partial charge in [0, 0.05) is 42.7 Å². The number of hydrogen-bond acceptors (Lipinski definition) is 6. The van der Waals surface area contributed by atoms with Crippen molar-refractivity contribution in [3.05, 3.63) is 66.0 Å². The van der Waals surface area contributed by atoms with Crippen LogP contribution in [0.4, 0.5) is 4.39 Å². The normalized spacial score (nSPS) is 14.0. The van der Waals surface area contributed by atoms with Crippen LogP contribution in [-0.4, -0.2) is 57.9 Å². The van der Waals surface area contributed by atoms with Crippen LogP contribution in [0, 0.1) is 5.82 Å². The van der Waals surface area contributed by atoms with E-state index >= 15 is 0 Å². The lowest BCUT2D eigenvalue weighted by atomic mass is 10.0. The number of nitrogens with zero attached hydrogens (tertiary/aromatic N) is 5. The van der Waals surface area contributed by atoms with Crippen molar-refractivity contribution in [2.75, 3.05) is 20.2 Å². The van der Waals surface area contributed by atoms with E-state index < -0.39 is 5.82 Å². The van der Waals surface area contributed by atoms with Crippen molar-refractivity contribution in [2.24, 2.45) is 10.7 Å². The van der Waals surface area contributed by atoms with Crippen LogP contribution in [-0.2, 0) is 4.79 Å². The van der Waals surface area contributed by atoms with E-state index in [4.69, 9.17) is 22.1 Å². The molecule has 1 aromatic carbocycles. The first-order valence-electron chi connectivity index (χ1n) is 10.7. The first kappa shape index (κ1) is 24.9. The lowest BCUT2D eigenvalue weighted by molar-refractivity contribution is -0.130. The smallest absolute Gasteiger partial charge is 0.246 e. The molecule has 0 atom stereocenters. The van der Waals surface area contributed by atoms with Crippen molar-refractivity contribution in [3.8, 4) is 17.0 Å². The maximum atomic E-state index is 13.8. The summed E-state index contributed by atoms with van der Waals surface area (Å²) in [4.78, 5) is 22.3. The van der Waals surface area contributed by atoms with Gasteiger partial charge >= 0.3 is 0 Å². The van der Waals surface area contributed by atoms with Gasteiger partial charge in [-0.05, 0) is 24.3 Å². The highest BCUT2D eigenvalue weighted by Crippen LogP contribution is 2.36. The van der Waals surface area contributed by atoms with Gasteiger partial charge in [-0.1, -0.05) is 32.0 Å². The minimum atomic E-state index is -0.439. The summed E-state index contributed by atoms with van der Waals surface area (Å²) in [7, 11) is 1.45. The van der Waals surface area contributed by atoms with E-state index in [9.17, 15) is 9.18 Å². The molecule has 3 aromatic rings. The first-order chi connectivity index (χ1) is 16.5. The topological polar surface area (TPSA) is 98.1 Å². The maximum absolute atomic E-state index is 13.8. The molecule has 0 unspecified atom stereocenters. The Balaban J connectivity index is 0.00000158. The Morgan fingerprint density at radius 1 is 1.35 bits per heavy atom. The van der Waals surface area contributed by atoms with Crippen molar-refractivity contribution < 1.29 is 13.9 Å². The van der Waals surface area contributed by atoms with Crippen molar-refractivity contribution in [1.82, 2.24) is 19.5 Å². The average Bonchev–Trinajstić information content (AvgIpc) is 3.32. The van der Waals surface area contributed by atoms with Gasteiger partial charge in [-0.15, -0.1) is 0 Å². The second-order valence-electron chi connectivity index (χ2n) is 7.07. The number of allylic oxidation sites excluding steroid dienone is 1. The summed E-state index contributed by atoms with van der Waals surface area (Å²) in [5.41, 5.74) is 8.46. The molecule has 4 rings (SSSR count). The van der Waals surface area contributed by atoms with Crippen LogP contribution in [0.3, 0.4) is 0 Å². The second kappa shape index (κ2) is 10.9. The molecule has 0 saturated carbocycles. The molecule has 8 nitrogen and oxygen atoms in total. The largest absolute Gasteiger partial charge is 0.496 e. The number of halogens is 2. The van der Waals surface area contributed by atoms with Crippen LogP contribution in [0.5, 0.6) is 5.75 Å². The standard InChI is InChI=1S/C22H20ClFN6O2.C2H6/c1-3-19(31)29-11-15(12-29)26-10-13(9-25)20-21(16-5-4-14(24)8-18(16)32-2)30-17(6-7-27-30)22(23)28-20;1-2/h3-10,15H,1,11-12,25H2,2H3;1-2H3/b13-9+,26-10?;. The lowest BCUT2D eigenvalue weighted by Crippen LogP contribution is -2.52. The molecule has 0 radical (unpaired) electrons. The molecule has 3 heterocycles. The van der Waals surface area contributed by atoms with Gasteiger partial charge in [-0.3, -0.25) is 9.79 Å². The molecule has 1 amide bonds. The maximum Gasteiger partial charge on any atom is 0.246 e. The van der Waals surface area contributed by atoms with Crippen LogP contribution in [0.2, 0.25) is 5.15 Å². The summed E-state index contributed by atoms with van der Waals surface area (Å²) < 4.78 is 20.8. The fourth-order valence-corrected chi connectivity index (χ4v) is 3.71. The summed E-state index contributed by atoms with van der Waals surface area (Å²) in [5, 5.41) is 4.59. The van der Waals surface area contributed by atoms with Crippen LogP contribution in [0.15, 0.2) is 54.3 Å². The number of hydrogen-bond donors (Lipinski definition) is 1. The molecule has 2 aromatic heterocycles. The van der Waals surface area contributed by atoms with Gasteiger partial charge in [0.1, 0.15) is 28.5 Å². The number of benzene rings is 1. The molecule has 178 valence electrons. The van der Waals surface area contributed by atoms with Crippen LogP contribution in [0.1, 0.15) is 19.5 Å². The zero-order valence-corrected chi connectivity index (χ0v) is 20.0. The highest BCUT2D eigenvalue weighted by Gasteiger charge is 2.28. The molecule has 34 heavy (non-hydrogen) atoms. The average molecular weight is 485 g/mol. The Labute approximate surface area is 202 Å². The molecule has 1 saturated heterocycles. The quantitative estimate of drug-likeness (QED) is 0.421. The molecular formula is C24H26ClFN6O2. The highest BCUT2D eigenvalue weighted by atomic mass is 35.5. The third-order valence-corrected chi connectivity index (χ3v) is 5.42. The van der Waals surface area contributed by atoms with E-state index in [1.807, 2.05) is 13.8 Å². The molecular weight excluding hydrogens is 459 g/mol. The van der Waals surface area contributed by atoms with E-state index in [0.717, 1.165) is 0 Å². The van der Waals surface area contributed by atoms with Crippen molar-refractivity contribution in [1.29, 1.82) is 0 Å². The summed E-state index contributed by atoms with van der Waals surface area (Å²) in [6.07, 6.45) is 5.82. The zero-order valence-electron chi connectivity index (χ0n) is 19.2. The van der Waals surface area contributed by atoms with E-state index in [0.29, 0.717) is 46.9 Å². The lowest BCUT2D eigenvalue weighted by Gasteiger charge is -2.36. The number of aliphatic imine (C=N–C) groups is 1. The number of methoxy groups -OCH3 is 1. The molecule has 10 heteroatoms. The van der Waals surface area contributed by atoms with Crippen molar-refractivity contribution in [3.63, 3.8) is 0 Å². The van der Waals surface area contributed by atoms with Gasteiger partial charge in [0.05, 0.1) is 19.3 Å². The predicted octanol–water partition coefficient (Wildman–Crippen LogP) is 3.99. The molecule has 1 fully saturated rings. The van der Waals surface area contributed by atoms with E-state index in [2.05, 4.69) is 21.7 Å². The van der Waals surface area contributed by atoms with Gasteiger partial charge in [-0.2, -0.15) is 5.10 Å². The number of fused-ring (bicyclic) bond motifs is 1. The predicted molar refractivity (Wildman–Crippen MR) is 133 cm³/mol. The minimum Gasteiger partial charge on any atom is -0.496 e. The number of carbonyl (C=O) groups excluding carboxylic acids is 1. The summed E-state index contributed by atoms with van der Waals surface area (Å²) >= 11 is 6.40. The summed E-state index contributed by atoms with van der Waals surface area (Å²) in [5.74, 6) is -0.266. The number of amides is 1. The molecule has 0 spiro atoms. The SMILES string of the molecule is C=CC(=O)N1CC(N=C/C(=C\N)c2nc(Cl)c3ccnn3c2-c2ccc(F)cc2OC)C1.CC. The van der Waals surface area contributed by atoms with E-state index in [-0.39, 0.29) is 17.1 Å². The number of rotatable bonds is 6. The number of aromatic nitrogens is 3. The van der Waals surface area contributed by atoms with Gasteiger partial charge in [0.25, 0.3) is 0 Å². The number of carbonyl (C=O) groups is 1. The first-order valence-corrected chi connectivity index (χ1v) is 11.1. The van der Waals surface area contributed by atoms with Gasteiger partial charge in [0.2, 0.25) is 5.91 Å². The van der Waals surface area contributed by atoms with Crippen LogP contribution >= 0.6 is 11.6 Å². The molecule has 1 aliphatic heterocycles. The van der Waals surface area contributed by atoms with E-state index in [1.54, 1.807) is 34.0 Å². The molecule has 0 aliphatic carbocycles. The molecule has 2 N–H and O–H groups in total. The summed E-state index contributed by atoms with van der Waals surface area (Å²) in [6, 6.07) is 5.84. The van der Waals surface area contributed by atoms with Crippen LogP contribution < -0.4 is 10.5 Å². The fraction of sp³-hybridized carbons (Fsp3) is 0.250. The Kier molecular flexibility index (Phi) is 8.01. The Morgan fingerprint density at radius 3 is 2.74 bits per heavy atom. The Morgan fingerprint density at radius 2 is 2.09 bits per heavy atom. The van der Waals surface area contributed by atoms with Crippen molar-refractivity contribution in [2.45, 2.75) is 19.9 Å². The Bertz CT molecular complexity index is 1260. The third-order valence-electron chi connectivity index (χ3n) is 5.14. The van der Waals surface area contributed by atoms with Gasteiger partial charge in [0.15, 0.2) is 5.15 Å². The van der Waals surface area contributed by atoms with Crippen molar-refractivity contribution >= 4 is 34.8 Å². The number of nitrogens with two attached hydrogens (primary N) is 1. The third kappa shape index (κ3) is 4.79. The minimum absolute atomic E-state index is 0.0680. The van der Waals surface area contributed by atoms with Gasteiger partial charge < -0.3 is 15.4 Å².